The summed E-state index contributed by atoms with van der Waals surface area (Å²) in [6.45, 7) is 3.99. The molecule has 0 aliphatic rings. The van der Waals surface area contributed by atoms with Crippen LogP contribution in [0.3, 0.4) is 0 Å². The zero-order valence-electron chi connectivity index (χ0n) is 8.43. The molecule has 2 atom stereocenters. The monoisotopic (exact) mass is 232 g/mol. The summed E-state index contributed by atoms with van der Waals surface area (Å²) in [5.74, 6) is 0. The fourth-order valence-corrected chi connectivity index (χ4v) is 3.38. The third kappa shape index (κ3) is 3.96. The van der Waals surface area contributed by atoms with Crippen LogP contribution in [0.1, 0.15) is 20.3 Å². The van der Waals surface area contributed by atoms with Crippen LogP contribution >= 0.6 is 23.1 Å². The van der Waals surface area contributed by atoms with Crippen molar-refractivity contribution in [2.45, 2.75) is 35.4 Å². The number of aliphatic hydroxyl groups is 1. The Morgan fingerprint density at radius 1 is 1.79 bits per heavy atom. The Kier molecular flexibility index (Phi) is 4.37. The standard InChI is InChI=1S/C9H16N2OS2/c1-7(5-9(2,10)6-12)14-8-11-3-4-13-8/h3-4,7,12H,5-6,10H2,1-2H3. The highest BCUT2D eigenvalue weighted by atomic mass is 32.2. The molecule has 0 saturated carbocycles. The quantitative estimate of drug-likeness (QED) is 0.759. The molecular formula is C9H16N2OS2. The minimum Gasteiger partial charge on any atom is -0.394 e. The number of thiazole rings is 1. The zero-order valence-corrected chi connectivity index (χ0v) is 10.1. The molecule has 5 heteroatoms. The first-order valence-electron chi connectivity index (χ1n) is 4.49. The van der Waals surface area contributed by atoms with Gasteiger partial charge in [0.05, 0.1) is 6.61 Å². The lowest BCUT2D eigenvalue weighted by molar-refractivity contribution is 0.201. The number of hydrogen-bond acceptors (Lipinski definition) is 5. The van der Waals surface area contributed by atoms with E-state index in [9.17, 15) is 0 Å². The molecule has 1 aromatic heterocycles. The SMILES string of the molecule is CC(CC(C)(N)CO)Sc1nccs1. The molecule has 0 bridgehead atoms. The highest BCUT2D eigenvalue weighted by Crippen LogP contribution is 2.28. The van der Waals surface area contributed by atoms with E-state index in [1.54, 1.807) is 29.3 Å². The Morgan fingerprint density at radius 3 is 3.00 bits per heavy atom. The third-order valence-corrected chi connectivity index (χ3v) is 3.84. The Bertz CT molecular complexity index is 262. The lowest BCUT2D eigenvalue weighted by Crippen LogP contribution is -2.42. The molecule has 0 aliphatic heterocycles. The van der Waals surface area contributed by atoms with Crippen LogP contribution in [0.5, 0.6) is 0 Å². The molecule has 3 nitrogen and oxygen atoms in total. The highest BCUT2D eigenvalue weighted by molar-refractivity contribution is 8.01. The van der Waals surface area contributed by atoms with Gasteiger partial charge < -0.3 is 10.8 Å². The van der Waals surface area contributed by atoms with E-state index in [-0.39, 0.29) is 6.61 Å². The summed E-state index contributed by atoms with van der Waals surface area (Å²) >= 11 is 3.34. The van der Waals surface area contributed by atoms with Crippen molar-refractivity contribution in [2.75, 3.05) is 6.61 Å². The van der Waals surface area contributed by atoms with E-state index in [0.29, 0.717) is 5.25 Å². The van der Waals surface area contributed by atoms with Crippen LogP contribution in [-0.2, 0) is 0 Å². The van der Waals surface area contributed by atoms with Crippen LogP contribution in [0, 0.1) is 0 Å². The molecule has 0 amide bonds. The van der Waals surface area contributed by atoms with Crippen molar-refractivity contribution >= 4 is 23.1 Å². The van der Waals surface area contributed by atoms with E-state index in [0.717, 1.165) is 10.8 Å². The summed E-state index contributed by atoms with van der Waals surface area (Å²) in [6.07, 6.45) is 2.58. The molecular weight excluding hydrogens is 216 g/mol. The number of aliphatic hydroxyl groups excluding tert-OH is 1. The summed E-state index contributed by atoms with van der Waals surface area (Å²) in [7, 11) is 0. The zero-order chi connectivity index (χ0) is 10.6. The average molecular weight is 232 g/mol. The smallest absolute Gasteiger partial charge is 0.150 e. The summed E-state index contributed by atoms with van der Waals surface area (Å²) in [6, 6.07) is 0. The number of rotatable bonds is 5. The lowest BCUT2D eigenvalue weighted by atomic mass is 9.99. The first-order valence-corrected chi connectivity index (χ1v) is 6.25. The first-order chi connectivity index (χ1) is 6.53. The molecule has 14 heavy (non-hydrogen) atoms. The molecule has 1 rings (SSSR count). The number of hydrogen-bond donors (Lipinski definition) is 2. The van der Waals surface area contributed by atoms with Crippen molar-refractivity contribution in [3.8, 4) is 0 Å². The predicted molar refractivity (Wildman–Crippen MR) is 61.7 cm³/mol. The summed E-state index contributed by atoms with van der Waals surface area (Å²) in [4.78, 5) is 4.19. The van der Waals surface area contributed by atoms with Crippen LogP contribution in [0.15, 0.2) is 15.9 Å². The van der Waals surface area contributed by atoms with Gasteiger partial charge in [0.15, 0.2) is 0 Å². The van der Waals surface area contributed by atoms with Crippen LogP contribution in [0.25, 0.3) is 0 Å². The summed E-state index contributed by atoms with van der Waals surface area (Å²) in [5, 5.41) is 11.4. The molecule has 1 aromatic rings. The number of aromatic nitrogens is 1. The highest BCUT2D eigenvalue weighted by Gasteiger charge is 2.21. The lowest BCUT2D eigenvalue weighted by Gasteiger charge is -2.24. The van der Waals surface area contributed by atoms with Gasteiger partial charge in [-0.2, -0.15) is 0 Å². The average Bonchev–Trinajstić information content (AvgIpc) is 2.55. The van der Waals surface area contributed by atoms with Gasteiger partial charge in [-0.15, -0.1) is 11.3 Å². The Labute approximate surface area is 92.7 Å². The van der Waals surface area contributed by atoms with Gasteiger partial charge in [-0.25, -0.2) is 4.98 Å². The van der Waals surface area contributed by atoms with E-state index >= 15 is 0 Å². The minimum atomic E-state index is -0.482. The van der Waals surface area contributed by atoms with Crippen molar-refractivity contribution in [1.82, 2.24) is 4.98 Å². The van der Waals surface area contributed by atoms with Gasteiger partial charge in [-0.3, -0.25) is 0 Å². The maximum Gasteiger partial charge on any atom is 0.150 e. The second-order valence-corrected chi connectivity index (χ2v) is 6.32. The Balaban J connectivity index is 2.40. The first kappa shape index (κ1) is 12.0. The topological polar surface area (TPSA) is 59.1 Å². The molecule has 0 saturated heterocycles. The number of nitrogens with zero attached hydrogens (tertiary/aromatic N) is 1. The Morgan fingerprint density at radius 2 is 2.50 bits per heavy atom. The molecule has 80 valence electrons. The van der Waals surface area contributed by atoms with E-state index in [2.05, 4.69) is 11.9 Å². The van der Waals surface area contributed by atoms with E-state index in [1.165, 1.54) is 0 Å². The van der Waals surface area contributed by atoms with E-state index in [1.807, 2.05) is 12.3 Å². The molecule has 0 spiro atoms. The van der Waals surface area contributed by atoms with E-state index < -0.39 is 5.54 Å². The van der Waals surface area contributed by atoms with Gasteiger partial charge in [0, 0.05) is 22.4 Å². The maximum atomic E-state index is 9.02. The fraction of sp³-hybridized carbons (Fsp3) is 0.667. The van der Waals surface area contributed by atoms with Crippen LogP contribution in [-0.4, -0.2) is 27.5 Å². The third-order valence-electron chi connectivity index (χ3n) is 1.83. The number of thioether (sulfide) groups is 1. The molecule has 0 aromatic carbocycles. The van der Waals surface area contributed by atoms with E-state index in [4.69, 9.17) is 10.8 Å². The van der Waals surface area contributed by atoms with Crippen LogP contribution < -0.4 is 5.73 Å². The fourth-order valence-electron chi connectivity index (χ4n) is 1.20. The summed E-state index contributed by atoms with van der Waals surface area (Å²) in [5.41, 5.74) is 5.38. The summed E-state index contributed by atoms with van der Waals surface area (Å²) < 4.78 is 1.06. The molecule has 2 unspecified atom stereocenters. The minimum absolute atomic E-state index is 0.0236. The largest absolute Gasteiger partial charge is 0.394 e. The van der Waals surface area contributed by atoms with Crippen LogP contribution in [0.4, 0.5) is 0 Å². The van der Waals surface area contributed by atoms with Crippen molar-refractivity contribution in [3.05, 3.63) is 11.6 Å². The molecule has 0 aliphatic carbocycles. The number of nitrogens with two attached hydrogens (primary N) is 1. The second kappa shape index (κ2) is 5.11. The second-order valence-electron chi connectivity index (χ2n) is 3.74. The maximum absolute atomic E-state index is 9.02. The van der Waals surface area contributed by atoms with Crippen LogP contribution in [0.2, 0.25) is 0 Å². The van der Waals surface area contributed by atoms with Crippen molar-refractivity contribution in [1.29, 1.82) is 0 Å². The normalized spacial score (nSPS) is 17.7. The molecule has 0 radical (unpaired) electrons. The van der Waals surface area contributed by atoms with Crippen molar-refractivity contribution < 1.29 is 5.11 Å². The van der Waals surface area contributed by atoms with Crippen molar-refractivity contribution in [2.24, 2.45) is 5.73 Å². The van der Waals surface area contributed by atoms with Gasteiger partial charge in [-0.05, 0) is 13.3 Å². The Hall–Kier alpha value is -0.100. The molecule has 3 N–H and O–H groups in total. The molecule has 0 fully saturated rings. The van der Waals surface area contributed by atoms with Gasteiger partial charge in [-0.1, -0.05) is 18.7 Å². The van der Waals surface area contributed by atoms with Gasteiger partial charge in [0.25, 0.3) is 0 Å². The predicted octanol–water partition coefficient (Wildman–Crippen LogP) is 1.72. The molecule has 1 heterocycles. The van der Waals surface area contributed by atoms with Crippen molar-refractivity contribution in [3.63, 3.8) is 0 Å². The van der Waals surface area contributed by atoms with Gasteiger partial charge >= 0.3 is 0 Å². The van der Waals surface area contributed by atoms with Gasteiger partial charge in [0.2, 0.25) is 0 Å². The van der Waals surface area contributed by atoms with Gasteiger partial charge in [0.1, 0.15) is 4.34 Å².